The molecule has 4 atom stereocenters. The second-order valence-corrected chi connectivity index (χ2v) is 13.3. The monoisotopic (exact) mass is 358 g/mol. The van der Waals surface area contributed by atoms with Gasteiger partial charge < -0.3 is 20.1 Å². The van der Waals surface area contributed by atoms with Gasteiger partial charge in [-0.15, -0.1) is 0 Å². The Bertz CT molecular complexity index is 722. The van der Waals surface area contributed by atoms with Crippen molar-refractivity contribution in [3.05, 3.63) is 33.1 Å². The topological polar surface area (TPSA) is 125 Å². The fourth-order valence-electron chi connectivity index (χ4n) is 3.18. The molecule has 2 heterocycles. The number of aliphatic hydroxyl groups excluding tert-OH is 3. The Hall–Kier alpha value is -1.26. The van der Waals surface area contributed by atoms with Crippen LogP contribution in [0.2, 0.25) is 18.1 Å². The van der Waals surface area contributed by atoms with Crippen molar-refractivity contribution in [1.29, 1.82) is 0 Å². The third-order valence-electron chi connectivity index (χ3n) is 5.57. The molecule has 1 aliphatic heterocycles. The van der Waals surface area contributed by atoms with Crippen LogP contribution in [0.1, 0.15) is 20.8 Å². The Morgan fingerprint density at radius 2 is 1.92 bits per heavy atom. The van der Waals surface area contributed by atoms with Crippen molar-refractivity contribution >= 4 is 8.07 Å². The third kappa shape index (κ3) is 2.51. The molecular weight excluding hydrogens is 332 g/mol. The summed E-state index contributed by atoms with van der Waals surface area (Å²) in [5.41, 5.74) is -1.29. The summed E-state index contributed by atoms with van der Waals surface area (Å²) >= 11 is 0. The molecule has 8 nitrogen and oxygen atoms in total. The van der Waals surface area contributed by atoms with Crippen LogP contribution in [0.4, 0.5) is 0 Å². The molecule has 1 aliphatic rings. The SMILES string of the molecule is CC(C)(C)[Si](C)(C)[C@@]1(n2ccc(=O)[nH]c2=O)O[C@H](CO)[C@@H](O)[C@H]1O. The molecule has 1 saturated heterocycles. The van der Waals surface area contributed by atoms with E-state index < -0.39 is 49.6 Å². The third-order valence-corrected chi connectivity index (χ3v) is 11.8. The summed E-state index contributed by atoms with van der Waals surface area (Å²) in [4.78, 5) is 26.0. The maximum absolute atomic E-state index is 12.4. The first kappa shape index (κ1) is 19.1. The van der Waals surface area contributed by atoms with Gasteiger partial charge in [0.2, 0.25) is 0 Å². The molecule has 136 valence electrons. The number of nitrogens with one attached hydrogen (secondary N) is 1. The second kappa shape index (κ2) is 5.92. The van der Waals surface area contributed by atoms with Crippen molar-refractivity contribution in [2.24, 2.45) is 0 Å². The molecule has 0 spiro atoms. The summed E-state index contributed by atoms with van der Waals surface area (Å²) in [5.74, 6) is 0. The van der Waals surface area contributed by atoms with Gasteiger partial charge in [-0.3, -0.25) is 14.3 Å². The van der Waals surface area contributed by atoms with Gasteiger partial charge in [0.15, 0.2) is 5.35 Å². The van der Waals surface area contributed by atoms with Crippen molar-refractivity contribution in [3.8, 4) is 0 Å². The summed E-state index contributed by atoms with van der Waals surface area (Å²) < 4.78 is 7.14. The van der Waals surface area contributed by atoms with E-state index in [1.54, 1.807) is 0 Å². The van der Waals surface area contributed by atoms with E-state index in [-0.39, 0.29) is 5.04 Å². The maximum Gasteiger partial charge on any atom is 0.330 e. The molecule has 1 aromatic heterocycles. The van der Waals surface area contributed by atoms with Crippen LogP contribution >= 0.6 is 0 Å². The molecule has 0 aliphatic carbocycles. The van der Waals surface area contributed by atoms with Crippen molar-refractivity contribution < 1.29 is 20.1 Å². The second-order valence-electron chi connectivity index (χ2n) is 7.83. The van der Waals surface area contributed by atoms with Crippen LogP contribution in [-0.4, -0.2) is 57.9 Å². The van der Waals surface area contributed by atoms with E-state index in [1.165, 1.54) is 12.3 Å². The lowest BCUT2D eigenvalue weighted by molar-refractivity contribution is -0.0996. The summed E-state index contributed by atoms with van der Waals surface area (Å²) in [6.07, 6.45) is -2.51. The first-order valence-electron chi connectivity index (χ1n) is 7.87. The molecule has 0 saturated carbocycles. The Morgan fingerprint density at radius 1 is 1.33 bits per heavy atom. The van der Waals surface area contributed by atoms with Crippen LogP contribution in [0.15, 0.2) is 21.9 Å². The Kier molecular flexibility index (Phi) is 4.70. The smallest absolute Gasteiger partial charge is 0.330 e. The molecule has 0 unspecified atom stereocenters. The molecule has 9 heteroatoms. The molecular formula is C15H26N2O6Si. The normalized spacial score (nSPS) is 31.4. The number of hydrogen-bond donors (Lipinski definition) is 4. The number of ether oxygens (including phenoxy) is 1. The molecule has 1 aromatic rings. The maximum atomic E-state index is 12.4. The largest absolute Gasteiger partial charge is 0.394 e. The highest BCUT2D eigenvalue weighted by molar-refractivity contribution is 6.82. The van der Waals surface area contributed by atoms with Crippen LogP contribution < -0.4 is 11.2 Å². The summed E-state index contributed by atoms with van der Waals surface area (Å²) in [6.45, 7) is 9.33. The lowest BCUT2D eigenvalue weighted by Crippen LogP contribution is -2.68. The van der Waals surface area contributed by atoms with Gasteiger partial charge in [0.05, 0.1) is 6.61 Å². The van der Waals surface area contributed by atoms with Crippen molar-refractivity contribution in [2.45, 2.75) is 62.6 Å². The Morgan fingerprint density at radius 3 is 2.33 bits per heavy atom. The Balaban J connectivity index is 2.82. The average Bonchev–Trinajstić information content (AvgIpc) is 2.72. The van der Waals surface area contributed by atoms with Gasteiger partial charge >= 0.3 is 5.69 Å². The lowest BCUT2D eigenvalue weighted by atomic mass is 10.1. The van der Waals surface area contributed by atoms with E-state index in [2.05, 4.69) is 4.98 Å². The van der Waals surface area contributed by atoms with Gasteiger partial charge in [0.25, 0.3) is 5.56 Å². The van der Waals surface area contributed by atoms with Crippen molar-refractivity contribution in [2.75, 3.05) is 6.61 Å². The highest BCUT2D eigenvalue weighted by Crippen LogP contribution is 2.51. The van der Waals surface area contributed by atoms with Gasteiger partial charge in [-0.1, -0.05) is 33.9 Å². The predicted molar refractivity (Wildman–Crippen MR) is 90.5 cm³/mol. The van der Waals surface area contributed by atoms with E-state index in [4.69, 9.17) is 4.74 Å². The van der Waals surface area contributed by atoms with Crippen molar-refractivity contribution in [1.82, 2.24) is 9.55 Å². The fourth-order valence-corrected chi connectivity index (χ4v) is 6.39. The van der Waals surface area contributed by atoms with Gasteiger partial charge in [-0.25, -0.2) is 4.79 Å². The number of hydrogen-bond acceptors (Lipinski definition) is 6. The first-order chi connectivity index (χ1) is 10.9. The van der Waals surface area contributed by atoms with Crippen LogP contribution in [0, 0.1) is 0 Å². The molecule has 1 fully saturated rings. The number of aromatic nitrogens is 2. The summed E-state index contributed by atoms with van der Waals surface area (Å²) in [7, 11) is -2.68. The number of H-pyrrole nitrogens is 1. The highest BCUT2D eigenvalue weighted by atomic mass is 28.3. The number of aromatic amines is 1. The summed E-state index contributed by atoms with van der Waals surface area (Å²) in [6, 6.07) is 1.17. The zero-order valence-electron chi connectivity index (χ0n) is 14.6. The van der Waals surface area contributed by atoms with Crippen LogP contribution in [0.3, 0.4) is 0 Å². The standard InChI is InChI=1S/C15H26N2O6Si/c1-14(2,3)24(4,5)15(12(21)11(20)9(8-18)23-15)17-7-6-10(19)16-13(17)22/h6-7,9,11-12,18,20-21H,8H2,1-5H3,(H,16,19,22)/t9-,11-,12-,15+/m1/s1. The molecule has 0 amide bonds. The minimum absolute atomic E-state index is 0.326. The zero-order valence-corrected chi connectivity index (χ0v) is 15.6. The fraction of sp³-hybridized carbons (Fsp3) is 0.733. The van der Waals surface area contributed by atoms with Crippen LogP contribution in [0.5, 0.6) is 0 Å². The first-order valence-corrected chi connectivity index (χ1v) is 10.9. The number of aliphatic hydroxyl groups is 3. The minimum atomic E-state index is -2.68. The van der Waals surface area contributed by atoms with Gasteiger partial charge in [-0.2, -0.15) is 0 Å². The van der Waals surface area contributed by atoms with E-state index in [9.17, 15) is 24.9 Å². The van der Waals surface area contributed by atoms with Gasteiger partial charge in [0, 0.05) is 12.3 Å². The molecule has 2 rings (SSSR count). The van der Waals surface area contributed by atoms with Gasteiger partial charge in [-0.05, 0) is 5.04 Å². The quantitative estimate of drug-likeness (QED) is 0.532. The van der Waals surface area contributed by atoms with E-state index >= 15 is 0 Å². The molecule has 0 radical (unpaired) electrons. The highest BCUT2D eigenvalue weighted by Gasteiger charge is 2.67. The minimum Gasteiger partial charge on any atom is -0.394 e. The number of rotatable bonds is 3. The molecule has 24 heavy (non-hydrogen) atoms. The van der Waals surface area contributed by atoms with Gasteiger partial charge in [0.1, 0.15) is 26.4 Å². The summed E-state index contributed by atoms with van der Waals surface area (Å²) in [5, 5.41) is 28.8. The average molecular weight is 358 g/mol. The van der Waals surface area contributed by atoms with Crippen LogP contribution in [-0.2, 0) is 10.1 Å². The zero-order chi connectivity index (χ0) is 18.5. The van der Waals surface area contributed by atoms with E-state index in [0.29, 0.717) is 0 Å². The number of nitrogens with zero attached hydrogens (tertiary/aromatic N) is 1. The van der Waals surface area contributed by atoms with Crippen LogP contribution in [0.25, 0.3) is 0 Å². The molecule has 0 bridgehead atoms. The molecule has 4 N–H and O–H groups in total. The predicted octanol–water partition coefficient (Wildman–Crippen LogP) is -0.650. The van der Waals surface area contributed by atoms with E-state index in [0.717, 1.165) is 4.57 Å². The molecule has 0 aromatic carbocycles. The van der Waals surface area contributed by atoms with E-state index in [1.807, 2.05) is 33.9 Å². The lowest BCUT2D eigenvalue weighted by Gasteiger charge is -2.51. The van der Waals surface area contributed by atoms with Crippen molar-refractivity contribution in [3.63, 3.8) is 0 Å². The Labute approximate surface area is 140 Å².